The van der Waals surface area contributed by atoms with Crippen molar-refractivity contribution in [2.75, 3.05) is 0 Å². The molecule has 0 saturated heterocycles. The number of carbonyl (C=O) groups excluding carboxylic acids is 1. The van der Waals surface area contributed by atoms with Crippen LogP contribution < -0.4 is 5.32 Å². The minimum Gasteiger partial charge on any atom is -0.480 e. The molecule has 4 heteroatoms. The van der Waals surface area contributed by atoms with Gasteiger partial charge in [-0.05, 0) is 43.9 Å². The molecule has 0 aromatic carbocycles. The van der Waals surface area contributed by atoms with Gasteiger partial charge in [0.2, 0.25) is 5.91 Å². The minimum absolute atomic E-state index is 0.135. The molecule has 0 spiro atoms. The van der Waals surface area contributed by atoms with Gasteiger partial charge in [-0.2, -0.15) is 0 Å². The van der Waals surface area contributed by atoms with E-state index in [-0.39, 0.29) is 5.91 Å². The molecule has 0 aromatic rings. The molecule has 98 valence electrons. The van der Waals surface area contributed by atoms with Crippen LogP contribution in [0.4, 0.5) is 0 Å². The third-order valence-corrected chi connectivity index (χ3v) is 3.68. The van der Waals surface area contributed by atoms with Crippen LogP contribution in [-0.2, 0) is 9.59 Å². The molecule has 0 aromatic heterocycles. The Morgan fingerprint density at radius 3 is 2.35 bits per heavy atom. The van der Waals surface area contributed by atoms with Gasteiger partial charge in [0.15, 0.2) is 0 Å². The van der Waals surface area contributed by atoms with Gasteiger partial charge in [-0.3, -0.25) is 9.59 Å². The maximum atomic E-state index is 11.6. The predicted molar refractivity (Wildman–Crippen MR) is 65.6 cm³/mol. The molecule has 0 heterocycles. The van der Waals surface area contributed by atoms with E-state index in [9.17, 15) is 9.59 Å². The number of rotatable bonds is 4. The highest BCUT2D eigenvalue weighted by Gasteiger charge is 2.28. The molecule has 1 unspecified atom stereocenters. The second-order valence-electron chi connectivity index (χ2n) is 5.94. The lowest BCUT2D eigenvalue weighted by atomic mass is 9.72. The molecule has 0 radical (unpaired) electrons. The number of aliphatic carboxylic acids is 1. The molecule has 0 bridgehead atoms. The number of carbonyl (C=O) groups is 2. The number of amides is 1. The van der Waals surface area contributed by atoms with Crippen LogP contribution in [0.15, 0.2) is 0 Å². The SMILES string of the molecule is CC(NC(=O)CC1CCC(C)(C)CC1)C(=O)O. The Morgan fingerprint density at radius 2 is 1.88 bits per heavy atom. The number of nitrogens with one attached hydrogen (secondary N) is 1. The normalized spacial score (nSPS) is 21.8. The van der Waals surface area contributed by atoms with Gasteiger partial charge in [0.05, 0.1) is 0 Å². The standard InChI is InChI=1S/C13H23NO3/c1-9(12(16)17)14-11(15)8-10-4-6-13(2,3)7-5-10/h9-10H,4-8H2,1-3H3,(H,14,15)(H,16,17). The fourth-order valence-electron chi connectivity index (χ4n) is 2.29. The summed E-state index contributed by atoms with van der Waals surface area (Å²) in [5, 5.41) is 11.2. The molecule has 1 atom stereocenters. The zero-order valence-corrected chi connectivity index (χ0v) is 11.0. The number of carboxylic acid groups (broad SMARTS) is 1. The van der Waals surface area contributed by atoms with Crippen LogP contribution in [-0.4, -0.2) is 23.0 Å². The summed E-state index contributed by atoms with van der Waals surface area (Å²) in [5.41, 5.74) is 0.404. The second kappa shape index (κ2) is 5.52. The van der Waals surface area contributed by atoms with Crippen molar-refractivity contribution in [3.05, 3.63) is 0 Å². The quantitative estimate of drug-likeness (QED) is 0.792. The molecule has 1 fully saturated rings. The molecular formula is C13H23NO3. The van der Waals surface area contributed by atoms with Crippen molar-refractivity contribution in [2.24, 2.45) is 11.3 Å². The lowest BCUT2D eigenvalue weighted by Gasteiger charge is -2.34. The molecule has 1 aliphatic rings. The van der Waals surface area contributed by atoms with Crippen LogP contribution in [0.3, 0.4) is 0 Å². The summed E-state index contributed by atoms with van der Waals surface area (Å²) in [6, 6.07) is -0.789. The van der Waals surface area contributed by atoms with E-state index < -0.39 is 12.0 Å². The molecule has 4 nitrogen and oxygen atoms in total. The highest BCUT2D eigenvalue weighted by Crippen LogP contribution is 2.39. The Labute approximate surface area is 103 Å². The van der Waals surface area contributed by atoms with Gasteiger partial charge in [0, 0.05) is 6.42 Å². The van der Waals surface area contributed by atoms with Crippen molar-refractivity contribution in [3.63, 3.8) is 0 Å². The molecule has 1 rings (SSSR count). The summed E-state index contributed by atoms with van der Waals surface area (Å²) in [4.78, 5) is 22.2. The van der Waals surface area contributed by atoms with E-state index in [1.54, 1.807) is 0 Å². The molecule has 1 amide bonds. The van der Waals surface area contributed by atoms with E-state index in [0.29, 0.717) is 17.8 Å². The summed E-state index contributed by atoms with van der Waals surface area (Å²) in [6.45, 7) is 6.01. The Hall–Kier alpha value is -1.06. The highest BCUT2D eigenvalue weighted by molar-refractivity contribution is 5.83. The first-order chi connectivity index (χ1) is 7.80. The largest absolute Gasteiger partial charge is 0.480 e. The van der Waals surface area contributed by atoms with E-state index in [4.69, 9.17) is 5.11 Å². The maximum Gasteiger partial charge on any atom is 0.325 e. The van der Waals surface area contributed by atoms with Crippen LogP contribution >= 0.6 is 0 Å². The summed E-state index contributed by atoms with van der Waals surface area (Å²) < 4.78 is 0. The van der Waals surface area contributed by atoms with Crippen molar-refractivity contribution < 1.29 is 14.7 Å². The Balaban J connectivity index is 2.31. The van der Waals surface area contributed by atoms with Gasteiger partial charge >= 0.3 is 5.97 Å². The van der Waals surface area contributed by atoms with Crippen LogP contribution in [0.5, 0.6) is 0 Å². The van der Waals surface area contributed by atoms with E-state index >= 15 is 0 Å². The Kier molecular flexibility index (Phi) is 4.54. The zero-order valence-electron chi connectivity index (χ0n) is 11.0. The van der Waals surface area contributed by atoms with Crippen LogP contribution in [0, 0.1) is 11.3 Å². The van der Waals surface area contributed by atoms with Crippen molar-refractivity contribution in [1.82, 2.24) is 5.32 Å². The number of carboxylic acids is 1. The molecule has 17 heavy (non-hydrogen) atoms. The fraction of sp³-hybridized carbons (Fsp3) is 0.846. The fourth-order valence-corrected chi connectivity index (χ4v) is 2.29. The van der Waals surface area contributed by atoms with Gasteiger partial charge < -0.3 is 10.4 Å². The number of hydrogen-bond donors (Lipinski definition) is 2. The molecule has 2 N–H and O–H groups in total. The first kappa shape index (κ1) is 14.0. The van der Waals surface area contributed by atoms with Gasteiger partial charge in [-0.1, -0.05) is 13.8 Å². The van der Waals surface area contributed by atoms with Crippen molar-refractivity contribution >= 4 is 11.9 Å². The first-order valence-electron chi connectivity index (χ1n) is 6.32. The van der Waals surface area contributed by atoms with Gasteiger partial charge in [0.1, 0.15) is 6.04 Å². The van der Waals surface area contributed by atoms with Crippen molar-refractivity contribution in [3.8, 4) is 0 Å². The van der Waals surface area contributed by atoms with Crippen molar-refractivity contribution in [1.29, 1.82) is 0 Å². The maximum absolute atomic E-state index is 11.6. The minimum atomic E-state index is -0.983. The van der Waals surface area contributed by atoms with E-state index in [1.807, 2.05) is 0 Å². The first-order valence-corrected chi connectivity index (χ1v) is 6.32. The molecular weight excluding hydrogens is 218 g/mol. The molecule has 1 saturated carbocycles. The van der Waals surface area contributed by atoms with Gasteiger partial charge in [-0.15, -0.1) is 0 Å². The summed E-state index contributed by atoms with van der Waals surface area (Å²) in [5.74, 6) is -0.697. The lowest BCUT2D eigenvalue weighted by molar-refractivity contribution is -0.141. The highest BCUT2D eigenvalue weighted by atomic mass is 16.4. The van der Waals surface area contributed by atoms with Crippen LogP contribution in [0.1, 0.15) is 52.9 Å². The lowest BCUT2D eigenvalue weighted by Crippen LogP contribution is -2.39. The predicted octanol–water partition coefficient (Wildman–Crippen LogP) is 2.18. The smallest absolute Gasteiger partial charge is 0.325 e. The van der Waals surface area contributed by atoms with Crippen LogP contribution in [0.2, 0.25) is 0 Å². The third-order valence-electron chi connectivity index (χ3n) is 3.68. The monoisotopic (exact) mass is 241 g/mol. The Bertz CT molecular complexity index is 289. The van der Waals surface area contributed by atoms with Gasteiger partial charge in [0.25, 0.3) is 0 Å². The summed E-state index contributed by atoms with van der Waals surface area (Å²) >= 11 is 0. The third kappa shape index (κ3) is 4.75. The van der Waals surface area contributed by atoms with E-state index in [0.717, 1.165) is 25.7 Å². The summed E-state index contributed by atoms with van der Waals surface area (Å²) in [6.07, 6.45) is 4.91. The van der Waals surface area contributed by atoms with E-state index in [2.05, 4.69) is 19.2 Å². The average molecular weight is 241 g/mol. The Morgan fingerprint density at radius 1 is 1.35 bits per heavy atom. The van der Waals surface area contributed by atoms with Crippen molar-refractivity contribution in [2.45, 2.75) is 58.9 Å². The molecule has 0 aliphatic heterocycles. The summed E-state index contributed by atoms with van der Waals surface area (Å²) in [7, 11) is 0. The topological polar surface area (TPSA) is 66.4 Å². The zero-order chi connectivity index (χ0) is 13.1. The van der Waals surface area contributed by atoms with Gasteiger partial charge in [-0.25, -0.2) is 0 Å². The number of hydrogen-bond acceptors (Lipinski definition) is 2. The second-order valence-corrected chi connectivity index (χ2v) is 5.94. The van der Waals surface area contributed by atoms with E-state index in [1.165, 1.54) is 6.92 Å². The average Bonchev–Trinajstić information content (AvgIpc) is 2.21. The molecule has 1 aliphatic carbocycles. The van der Waals surface area contributed by atoms with Crippen LogP contribution in [0.25, 0.3) is 0 Å².